The third-order valence-corrected chi connectivity index (χ3v) is 4.77. The summed E-state index contributed by atoms with van der Waals surface area (Å²) in [6.07, 6.45) is 1.51. The van der Waals surface area contributed by atoms with Crippen LogP contribution in [0.4, 0.5) is 4.39 Å². The normalized spacial score (nSPS) is 18.3. The lowest BCUT2D eigenvalue weighted by atomic mass is 9.95. The Morgan fingerprint density at radius 1 is 1.10 bits per heavy atom. The van der Waals surface area contributed by atoms with Gasteiger partial charge in [-0.05, 0) is 54.8 Å². The first-order chi connectivity index (χ1) is 14.0. The first-order valence-electron chi connectivity index (χ1n) is 9.75. The van der Waals surface area contributed by atoms with E-state index >= 15 is 0 Å². The molecule has 0 spiro atoms. The van der Waals surface area contributed by atoms with Crippen molar-refractivity contribution < 1.29 is 23.8 Å². The maximum absolute atomic E-state index is 13.3. The molecule has 5 nitrogen and oxygen atoms in total. The number of ether oxygens (including phenoxy) is 1. The van der Waals surface area contributed by atoms with Gasteiger partial charge >= 0.3 is 0 Å². The van der Waals surface area contributed by atoms with Crippen LogP contribution in [0, 0.1) is 5.82 Å². The molecule has 2 aromatic rings. The van der Waals surface area contributed by atoms with Crippen molar-refractivity contribution in [1.29, 1.82) is 0 Å². The lowest BCUT2D eigenvalue weighted by Gasteiger charge is -2.25. The van der Waals surface area contributed by atoms with Crippen LogP contribution in [-0.4, -0.2) is 34.8 Å². The molecule has 2 aromatic carbocycles. The average Bonchev–Trinajstić information content (AvgIpc) is 2.98. The summed E-state index contributed by atoms with van der Waals surface area (Å²) >= 11 is 0. The highest BCUT2D eigenvalue weighted by Crippen LogP contribution is 2.40. The second-order valence-electron chi connectivity index (χ2n) is 6.92. The van der Waals surface area contributed by atoms with Crippen molar-refractivity contribution in [2.75, 3.05) is 13.2 Å². The molecule has 1 unspecified atom stereocenters. The van der Waals surface area contributed by atoms with Gasteiger partial charge in [0, 0.05) is 12.1 Å². The maximum atomic E-state index is 13.3. The molecule has 1 amide bonds. The Morgan fingerprint density at radius 2 is 1.83 bits per heavy atom. The second kappa shape index (κ2) is 8.90. The van der Waals surface area contributed by atoms with E-state index in [1.807, 2.05) is 19.9 Å². The number of likely N-dealkylation sites (tertiary alicyclic amines) is 1. The summed E-state index contributed by atoms with van der Waals surface area (Å²) in [7, 11) is 0. The van der Waals surface area contributed by atoms with Gasteiger partial charge in [0.05, 0.1) is 18.2 Å². The summed E-state index contributed by atoms with van der Waals surface area (Å²) in [6, 6.07) is 11.6. The Labute approximate surface area is 169 Å². The summed E-state index contributed by atoms with van der Waals surface area (Å²) in [6.45, 7) is 4.84. The second-order valence-corrected chi connectivity index (χ2v) is 6.92. The van der Waals surface area contributed by atoms with Crippen molar-refractivity contribution in [3.05, 3.63) is 71.0 Å². The summed E-state index contributed by atoms with van der Waals surface area (Å²) < 4.78 is 19.0. The van der Waals surface area contributed by atoms with Crippen molar-refractivity contribution in [3.63, 3.8) is 0 Å². The number of benzene rings is 2. The Bertz CT molecular complexity index is 936. The SMILES string of the molecule is CCCOc1cccc(C2/C(=C(/O)c3ccc(F)cc3)C(=O)C(=O)N2CCC)c1. The minimum absolute atomic E-state index is 0.00250. The molecule has 1 fully saturated rings. The van der Waals surface area contributed by atoms with Gasteiger partial charge in [-0.15, -0.1) is 0 Å². The van der Waals surface area contributed by atoms with Crippen molar-refractivity contribution in [2.24, 2.45) is 0 Å². The number of aliphatic hydroxyl groups excluding tert-OH is 1. The first-order valence-corrected chi connectivity index (χ1v) is 9.75. The van der Waals surface area contributed by atoms with Crippen LogP contribution in [0.5, 0.6) is 5.75 Å². The van der Waals surface area contributed by atoms with Crippen LogP contribution < -0.4 is 4.74 Å². The highest BCUT2D eigenvalue weighted by Gasteiger charge is 2.45. The molecular formula is C23H24FNO4. The van der Waals surface area contributed by atoms with Gasteiger partial charge in [-0.3, -0.25) is 9.59 Å². The molecule has 0 aromatic heterocycles. The number of Topliss-reactive ketones (excluding diaryl/α,β-unsaturated/α-hetero) is 1. The fourth-order valence-electron chi connectivity index (χ4n) is 3.46. The van der Waals surface area contributed by atoms with Gasteiger partial charge in [-0.25, -0.2) is 4.39 Å². The molecule has 1 aliphatic heterocycles. The molecule has 0 saturated carbocycles. The number of ketones is 1. The Balaban J connectivity index is 2.12. The highest BCUT2D eigenvalue weighted by atomic mass is 19.1. The highest BCUT2D eigenvalue weighted by molar-refractivity contribution is 6.46. The molecule has 1 saturated heterocycles. The molecule has 29 heavy (non-hydrogen) atoms. The molecule has 1 aliphatic rings. The van der Waals surface area contributed by atoms with Crippen LogP contribution in [0.2, 0.25) is 0 Å². The van der Waals surface area contributed by atoms with Gasteiger partial charge in [-0.2, -0.15) is 0 Å². The predicted octanol–water partition coefficient (Wildman–Crippen LogP) is 4.45. The van der Waals surface area contributed by atoms with E-state index in [2.05, 4.69) is 0 Å². The summed E-state index contributed by atoms with van der Waals surface area (Å²) in [5.41, 5.74) is 0.960. The zero-order valence-corrected chi connectivity index (χ0v) is 16.5. The molecule has 1 heterocycles. The average molecular weight is 397 g/mol. The van der Waals surface area contributed by atoms with Crippen molar-refractivity contribution in [3.8, 4) is 5.75 Å². The van der Waals surface area contributed by atoms with Gasteiger partial charge < -0.3 is 14.7 Å². The Kier molecular flexibility index (Phi) is 6.32. The molecule has 6 heteroatoms. The van der Waals surface area contributed by atoms with Gasteiger partial charge in [0.15, 0.2) is 0 Å². The quantitative estimate of drug-likeness (QED) is 0.426. The lowest BCUT2D eigenvalue weighted by Crippen LogP contribution is -2.30. The molecule has 3 rings (SSSR count). The molecule has 0 bridgehead atoms. The fourth-order valence-corrected chi connectivity index (χ4v) is 3.46. The third-order valence-electron chi connectivity index (χ3n) is 4.77. The van der Waals surface area contributed by atoms with E-state index in [1.165, 1.54) is 29.2 Å². The Hall–Kier alpha value is -3.15. The zero-order chi connectivity index (χ0) is 21.0. The number of carbonyl (C=O) groups excluding carboxylic acids is 2. The predicted molar refractivity (Wildman–Crippen MR) is 108 cm³/mol. The van der Waals surface area contributed by atoms with Crippen molar-refractivity contribution in [2.45, 2.75) is 32.7 Å². The third kappa shape index (κ3) is 4.16. The van der Waals surface area contributed by atoms with Gasteiger partial charge in [0.2, 0.25) is 0 Å². The number of nitrogens with zero attached hydrogens (tertiary/aromatic N) is 1. The summed E-state index contributed by atoms with van der Waals surface area (Å²) in [5.74, 6) is -1.53. The number of hydrogen-bond acceptors (Lipinski definition) is 4. The molecular weight excluding hydrogens is 373 g/mol. The molecule has 152 valence electrons. The van der Waals surface area contributed by atoms with Crippen LogP contribution in [0.25, 0.3) is 5.76 Å². The molecule has 1 atom stereocenters. The van der Waals surface area contributed by atoms with Gasteiger partial charge in [-0.1, -0.05) is 26.0 Å². The van der Waals surface area contributed by atoms with Crippen molar-refractivity contribution >= 4 is 17.4 Å². The topological polar surface area (TPSA) is 66.8 Å². The van der Waals surface area contributed by atoms with E-state index in [-0.39, 0.29) is 16.9 Å². The van der Waals surface area contributed by atoms with E-state index < -0.39 is 23.5 Å². The monoisotopic (exact) mass is 397 g/mol. The minimum atomic E-state index is -0.745. The number of carbonyl (C=O) groups is 2. The van der Waals surface area contributed by atoms with Gasteiger partial charge in [0.25, 0.3) is 11.7 Å². The fraction of sp³-hybridized carbons (Fsp3) is 0.304. The van der Waals surface area contributed by atoms with Crippen LogP contribution in [0.3, 0.4) is 0 Å². The van der Waals surface area contributed by atoms with Gasteiger partial charge in [0.1, 0.15) is 17.3 Å². The van der Waals surface area contributed by atoms with E-state index in [4.69, 9.17) is 4.74 Å². The zero-order valence-electron chi connectivity index (χ0n) is 16.5. The van der Waals surface area contributed by atoms with E-state index in [0.29, 0.717) is 30.9 Å². The molecule has 0 aliphatic carbocycles. The maximum Gasteiger partial charge on any atom is 0.295 e. The molecule has 0 radical (unpaired) electrons. The largest absolute Gasteiger partial charge is 0.507 e. The lowest BCUT2D eigenvalue weighted by molar-refractivity contribution is -0.139. The summed E-state index contributed by atoms with van der Waals surface area (Å²) in [4.78, 5) is 26.9. The van der Waals surface area contributed by atoms with E-state index in [0.717, 1.165) is 6.42 Å². The minimum Gasteiger partial charge on any atom is -0.507 e. The Morgan fingerprint density at radius 3 is 2.48 bits per heavy atom. The number of rotatable bonds is 7. The number of halogens is 1. The van der Waals surface area contributed by atoms with Crippen molar-refractivity contribution in [1.82, 2.24) is 4.90 Å². The first kappa shape index (κ1) is 20.6. The number of amides is 1. The van der Waals surface area contributed by atoms with E-state index in [1.54, 1.807) is 18.2 Å². The number of aliphatic hydroxyl groups is 1. The van der Waals surface area contributed by atoms with Crippen LogP contribution >= 0.6 is 0 Å². The smallest absolute Gasteiger partial charge is 0.295 e. The summed E-state index contributed by atoms with van der Waals surface area (Å²) in [5, 5.41) is 10.9. The standard InChI is InChI=1S/C23H24FNO4/c1-3-12-25-20(16-6-5-7-18(14-16)29-13-4-2)19(22(27)23(25)28)21(26)15-8-10-17(24)11-9-15/h5-11,14,20,26H,3-4,12-13H2,1-2H3/b21-19-. The van der Waals surface area contributed by atoms with Crippen LogP contribution in [-0.2, 0) is 9.59 Å². The van der Waals surface area contributed by atoms with Crippen LogP contribution in [0.1, 0.15) is 43.9 Å². The number of hydrogen-bond donors (Lipinski definition) is 1. The molecule has 1 N–H and O–H groups in total. The van der Waals surface area contributed by atoms with E-state index in [9.17, 15) is 19.1 Å². The van der Waals surface area contributed by atoms with Crippen LogP contribution in [0.15, 0.2) is 54.1 Å².